The van der Waals surface area contributed by atoms with E-state index in [1.165, 1.54) is 0 Å². The maximum Gasteiger partial charge on any atom is 0.246 e. The molecular weight excluding hydrogens is 230 g/mol. The summed E-state index contributed by atoms with van der Waals surface area (Å²) in [4.78, 5) is 13.6. The average molecular weight is 245 g/mol. The van der Waals surface area contributed by atoms with E-state index < -0.39 is 0 Å². The van der Waals surface area contributed by atoms with Crippen LogP contribution in [0, 0.1) is 6.92 Å². The fraction of sp³-hybridized carbons (Fsp3) is 0.231. The van der Waals surface area contributed by atoms with Crippen LogP contribution >= 0.6 is 0 Å². The summed E-state index contributed by atoms with van der Waals surface area (Å²) >= 11 is 0. The molecule has 1 aromatic heterocycles. The van der Waals surface area contributed by atoms with Gasteiger partial charge < -0.3 is 9.42 Å². The van der Waals surface area contributed by atoms with Crippen LogP contribution < -0.4 is 10.2 Å². The molecule has 5 nitrogen and oxygen atoms in total. The van der Waals surface area contributed by atoms with Crippen LogP contribution in [0.3, 0.4) is 0 Å². The Labute approximate surface area is 105 Å². The summed E-state index contributed by atoms with van der Waals surface area (Å²) in [5.41, 5.74) is 1.73. The minimum atomic E-state index is -0.141. The van der Waals surface area contributed by atoms with Crippen molar-refractivity contribution in [2.45, 2.75) is 6.92 Å². The third-order valence-corrected chi connectivity index (χ3v) is 2.47. The molecule has 0 unspecified atom stereocenters. The first-order valence-corrected chi connectivity index (χ1v) is 5.64. The predicted molar refractivity (Wildman–Crippen MR) is 69.6 cm³/mol. The molecule has 0 atom stereocenters. The molecule has 0 saturated heterocycles. The molecule has 2 rings (SSSR count). The topological polar surface area (TPSA) is 58.4 Å². The van der Waals surface area contributed by atoms with Gasteiger partial charge in [-0.2, -0.15) is 0 Å². The highest BCUT2D eigenvalue weighted by molar-refractivity contribution is 5.92. The van der Waals surface area contributed by atoms with Gasteiger partial charge in [-0.3, -0.25) is 10.1 Å². The standard InChI is InChI=1S/C13H15N3O2/c1-10-8-13(18-15-10)14-12(17)9-16(2)11-6-4-3-5-7-11/h3-8H,9H2,1-2H3,(H,14,17). The summed E-state index contributed by atoms with van der Waals surface area (Å²) in [6.07, 6.45) is 0. The van der Waals surface area contributed by atoms with Gasteiger partial charge in [0, 0.05) is 18.8 Å². The zero-order valence-corrected chi connectivity index (χ0v) is 10.4. The molecule has 2 aromatic rings. The third kappa shape index (κ3) is 3.10. The van der Waals surface area contributed by atoms with E-state index in [9.17, 15) is 4.79 Å². The van der Waals surface area contributed by atoms with Gasteiger partial charge in [-0.1, -0.05) is 23.4 Å². The Balaban J connectivity index is 1.92. The molecular formula is C13H15N3O2. The molecule has 1 heterocycles. The van der Waals surface area contributed by atoms with Gasteiger partial charge >= 0.3 is 0 Å². The number of anilines is 2. The molecule has 1 aromatic carbocycles. The maximum atomic E-state index is 11.8. The van der Waals surface area contributed by atoms with Crippen LogP contribution in [0.2, 0.25) is 0 Å². The average Bonchev–Trinajstić information content (AvgIpc) is 2.75. The summed E-state index contributed by atoms with van der Waals surface area (Å²) in [6.45, 7) is 2.05. The molecule has 0 bridgehead atoms. The number of hydrogen-bond donors (Lipinski definition) is 1. The predicted octanol–water partition coefficient (Wildman–Crippen LogP) is 2.06. The number of nitrogens with one attached hydrogen (secondary N) is 1. The molecule has 0 fully saturated rings. The van der Waals surface area contributed by atoms with Crippen LogP contribution in [-0.4, -0.2) is 24.7 Å². The van der Waals surface area contributed by atoms with Crippen molar-refractivity contribution >= 4 is 17.5 Å². The Kier molecular flexibility index (Phi) is 3.62. The number of aryl methyl sites for hydroxylation is 1. The van der Waals surface area contributed by atoms with Crippen LogP contribution in [0.4, 0.5) is 11.6 Å². The molecule has 0 aliphatic heterocycles. The van der Waals surface area contributed by atoms with Crippen molar-refractivity contribution in [3.63, 3.8) is 0 Å². The van der Waals surface area contributed by atoms with E-state index in [4.69, 9.17) is 4.52 Å². The minimum absolute atomic E-state index is 0.141. The molecule has 0 radical (unpaired) electrons. The summed E-state index contributed by atoms with van der Waals surface area (Å²) in [5, 5.41) is 6.36. The normalized spacial score (nSPS) is 10.1. The van der Waals surface area contributed by atoms with Gasteiger partial charge in [0.25, 0.3) is 0 Å². The number of hydrogen-bond acceptors (Lipinski definition) is 4. The van der Waals surface area contributed by atoms with E-state index in [0.717, 1.165) is 11.4 Å². The third-order valence-electron chi connectivity index (χ3n) is 2.47. The molecule has 94 valence electrons. The van der Waals surface area contributed by atoms with E-state index in [-0.39, 0.29) is 12.5 Å². The first kappa shape index (κ1) is 12.2. The molecule has 0 aliphatic carbocycles. The molecule has 18 heavy (non-hydrogen) atoms. The molecule has 5 heteroatoms. The van der Waals surface area contributed by atoms with Crippen LogP contribution in [0.5, 0.6) is 0 Å². The van der Waals surface area contributed by atoms with Gasteiger partial charge in [-0.15, -0.1) is 0 Å². The van der Waals surface area contributed by atoms with Crippen molar-refractivity contribution in [3.05, 3.63) is 42.1 Å². The highest BCUT2D eigenvalue weighted by atomic mass is 16.5. The monoisotopic (exact) mass is 245 g/mol. The van der Waals surface area contributed by atoms with Gasteiger partial charge in [0.1, 0.15) is 0 Å². The van der Waals surface area contributed by atoms with Crippen molar-refractivity contribution in [2.75, 3.05) is 23.8 Å². The summed E-state index contributed by atoms with van der Waals surface area (Å²) < 4.78 is 4.92. The summed E-state index contributed by atoms with van der Waals surface area (Å²) in [5.74, 6) is 0.233. The number of aromatic nitrogens is 1. The zero-order chi connectivity index (χ0) is 13.0. The number of amides is 1. The van der Waals surface area contributed by atoms with Gasteiger partial charge in [0.15, 0.2) is 0 Å². The second-order valence-corrected chi connectivity index (χ2v) is 4.07. The quantitative estimate of drug-likeness (QED) is 0.895. The Bertz CT molecular complexity index is 522. The van der Waals surface area contributed by atoms with Crippen LogP contribution in [0.15, 0.2) is 40.9 Å². The number of likely N-dealkylation sites (N-methyl/N-ethyl adjacent to an activating group) is 1. The molecule has 0 saturated carbocycles. The number of nitrogens with zero attached hydrogens (tertiary/aromatic N) is 2. The van der Waals surface area contributed by atoms with E-state index in [2.05, 4.69) is 10.5 Å². The Morgan fingerprint density at radius 1 is 1.39 bits per heavy atom. The van der Waals surface area contributed by atoms with E-state index in [1.54, 1.807) is 13.0 Å². The van der Waals surface area contributed by atoms with Crippen LogP contribution in [0.25, 0.3) is 0 Å². The second kappa shape index (κ2) is 5.35. The number of carbonyl (C=O) groups is 1. The van der Waals surface area contributed by atoms with Crippen LogP contribution in [-0.2, 0) is 4.79 Å². The highest BCUT2D eigenvalue weighted by Crippen LogP contribution is 2.12. The number of carbonyl (C=O) groups excluding carboxylic acids is 1. The Morgan fingerprint density at radius 3 is 2.72 bits per heavy atom. The van der Waals surface area contributed by atoms with Gasteiger partial charge in [0.2, 0.25) is 11.8 Å². The largest absolute Gasteiger partial charge is 0.365 e. The van der Waals surface area contributed by atoms with Crippen molar-refractivity contribution in [1.29, 1.82) is 0 Å². The fourth-order valence-corrected chi connectivity index (χ4v) is 1.59. The van der Waals surface area contributed by atoms with E-state index in [1.807, 2.05) is 42.3 Å². The summed E-state index contributed by atoms with van der Waals surface area (Å²) in [6, 6.07) is 11.4. The smallest absolute Gasteiger partial charge is 0.246 e. The molecule has 0 aliphatic rings. The minimum Gasteiger partial charge on any atom is -0.365 e. The first-order chi connectivity index (χ1) is 8.65. The van der Waals surface area contributed by atoms with Crippen LogP contribution in [0.1, 0.15) is 5.69 Å². The molecule has 0 spiro atoms. The van der Waals surface area contributed by atoms with E-state index >= 15 is 0 Å². The van der Waals surface area contributed by atoms with Crippen molar-refractivity contribution in [1.82, 2.24) is 5.16 Å². The lowest BCUT2D eigenvalue weighted by molar-refractivity contribution is -0.115. The number of para-hydroxylation sites is 1. The SMILES string of the molecule is Cc1cc(NC(=O)CN(C)c2ccccc2)on1. The lowest BCUT2D eigenvalue weighted by Gasteiger charge is -2.17. The van der Waals surface area contributed by atoms with Crippen molar-refractivity contribution in [3.8, 4) is 0 Å². The zero-order valence-electron chi connectivity index (χ0n) is 10.4. The van der Waals surface area contributed by atoms with E-state index in [0.29, 0.717) is 5.88 Å². The highest BCUT2D eigenvalue weighted by Gasteiger charge is 2.09. The lowest BCUT2D eigenvalue weighted by Crippen LogP contribution is -2.29. The Hall–Kier alpha value is -2.30. The van der Waals surface area contributed by atoms with Gasteiger partial charge in [0.05, 0.1) is 12.2 Å². The van der Waals surface area contributed by atoms with Gasteiger partial charge in [-0.25, -0.2) is 0 Å². The Morgan fingerprint density at radius 2 is 2.11 bits per heavy atom. The lowest BCUT2D eigenvalue weighted by atomic mass is 10.3. The van der Waals surface area contributed by atoms with Gasteiger partial charge in [-0.05, 0) is 19.1 Å². The fourth-order valence-electron chi connectivity index (χ4n) is 1.59. The summed E-state index contributed by atoms with van der Waals surface area (Å²) in [7, 11) is 1.86. The molecule has 1 amide bonds. The number of benzene rings is 1. The second-order valence-electron chi connectivity index (χ2n) is 4.07. The molecule has 1 N–H and O–H groups in total. The van der Waals surface area contributed by atoms with Crippen molar-refractivity contribution in [2.24, 2.45) is 0 Å². The first-order valence-electron chi connectivity index (χ1n) is 5.64. The maximum absolute atomic E-state index is 11.8. The number of rotatable bonds is 4. The van der Waals surface area contributed by atoms with Crippen molar-refractivity contribution < 1.29 is 9.32 Å².